The highest BCUT2D eigenvalue weighted by Crippen LogP contribution is 2.25. The number of hydrogen-bond donors (Lipinski definition) is 2. The van der Waals surface area contributed by atoms with Gasteiger partial charge in [0.05, 0.1) is 0 Å². The first-order valence-electron chi connectivity index (χ1n) is 4.50. The highest BCUT2D eigenvalue weighted by molar-refractivity contribution is 5.75. The van der Waals surface area contributed by atoms with E-state index in [0.717, 1.165) is 18.3 Å². The molecular formula is C11H10F3NO2. The maximum atomic E-state index is 11.9. The van der Waals surface area contributed by atoms with Gasteiger partial charge in [-0.2, -0.15) is 0 Å². The summed E-state index contributed by atoms with van der Waals surface area (Å²) in [5, 5.41) is 9.17. The van der Waals surface area contributed by atoms with Crippen LogP contribution in [0.1, 0.15) is 5.56 Å². The Hall–Kier alpha value is -2.11. The van der Waals surface area contributed by atoms with Gasteiger partial charge in [0, 0.05) is 11.8 Å². The molecule has 0 aliphatic rings. The van der Waals surface area contributed by atoms with Crippen LogP contribution in [0.3, 0.4) is 0 Å². The van der Waals surface area contributed by atoms with E-state index in [1.807, 2.05) is 0 Å². The van der Waals surface area contributed by atoms with Gasteiger partial charge in [0.15, 0.2) is 0 Å². The Morgan fingerprint density at radius 1 is 1.29 bits per heavy atom. The zero-order chi connectivity index (χ0) is 13.1. The van der Waals surface area contributed by atoms with E-state index in [2.05, 4.69) is 11.3 Å². The van der Waals surface area contributed by atoms with Crippen molar-refractivity contribution in [2.75, 3.05) is 0 Å². The number of aliphatic hydroxyl groups excluding tert-OH is 1. The van der Waals surface area contributed by atoms with Gasteiger partial charge in [-0.1, -0.05) is 18.7 Å². The van der Waals surface area contributed by atoms with Gasteiger partial charge in [0.2, 0.25) is 0 Å². The number of rotatable bonds is 3. The van der Waals surface area contributed by atoms with Gasteiger partial charge in [0.1, 0.15) is 11.5 Å². The summed E-state index contributed by atoms with van der Waals surface area (Å²) >= 11 is 0. The number of hydrogen-bond acceptors (Lipinski definition) is 3. The van der Waals surface area contributed by atoms with E-state index in [9.17, 15) is 13.2 Å². The van der Waals surface area contributed by atoms with Crippen molar-refractivity contribution in [3.8, 4) is 5.75 Å². The van der Waals surface area contributed by atoms with Crippen molar-refractivity contribution in [2.45, 2.75) is 6.36 Å². The number of nitrogens with two attached hydrogens (primary N) is 1. The molecule has 0 fully saturated rings. The Balaban J connectivity index is 2.92. The zero-order valence-corrected chi connectivity index (χ0v) is 8.66. The lowest BCUT2D eigenvalue weighted by Gasteiger charge is -2.10. The van der Waals surface area contributed by atoms with Crippen LogP contribution in [0.4, 0.5) is 13.2 Å². The number of alkyl halides is 3. The van der Waals surface area contributed by atoms with Gasteiger partial charge in [-0.05, 0) is 17.7 Å². The minimum atomic E-state index is -4.73. The molecule has 0 bridgehead atoms. The summed E-state index contributed by atoms with van der Waals surface area (Å²) in [5.41, 5.74) is 5.93. The topological polar surface area (TPSA) is 55.5 Å². The molecule has 1 aromatic carbocycles. The summed E-state index contributed by atoms with van der Waals surface area (Å²) in [6.45, 7) is 3.28. The third-order valence-corrected chi connectivity index (χ3v) is 1.88. The molecule has 0 amide bonds. The predicted octanol–water partition coefficient (Wildman–Crippen LogP) is 2.96. The van der Waals surface area contributed by atoms with Crippen molar-refractivity contribution in [1.29, 1.82) is 0 Å². The largest absolute Gasteiger partial charge is 0.573 e. The minimum Gasteiger partial charge on any atom is -0.508 e. The average molecular weight is 245 g/mol. The normalized spacial score (nSPS) is 12.3. The fraction of sp³-hybridized carbons (Fsp3) is 0.0909. The molecule has 0 saturated heterocycles. The highest BCUT2D eigenvalue weighted by Gasteiger charge is 2.30. The molecule has 1 aromatic rings. The van der Waals surface area contributed by atoms with Crippen molar-refractivity contribution < 1.29 is 23.0 Å². The SMILES string of the molecule is C=C(O)/C(=C\N)c1ccc(OC(F)(F)F)cc1. The lowest BCUT2D eigenvalue weighted by atomic mass is 10.1. The second kappa shape index (κ2) is 4.82. The molecule has 0 aliphatic carbocycles. The van der Waals surface area contributed by atoms with Crippen LogP contribution >= 0.6 is 0 Å². The number of allylic oxidation sites excluding steroid dienone is 1. The fourth-order valence-corrected chi connectivity index (χ4v) is 1.20. The van der Waals surface area contributed by atoms with E-state index >= 15 is 0 Å². The monoisotopic (exact) mass is 245 g/mol. The quantitative estimate of drug-likeness (QED) is 0.635. The predicted molar refractivity (Wildman–Crippen MR) is 57.1 cm³/mol. The Kier molecular flexibility index (Phi) is 3.67. The number of benzene rings is 1. The standard InChI is InChI=1S/C11H10F3NO2/c1-7(16)10(6-15)8-2-4-9(5-3-8)17-11(12,13)14/h2-6,16H,1,15H2/b10-6+. The lowest BCUT2D eigenvalue weighted by Crippen LogP contribution is -2.17. The first-order valence-corrected chi connectivity index (χ1v) is 4.50. The van der Waals surface area contributed by atoms with Crippen LogP contribution in [0.15, 0.2) is 42.8 Å². The van der Waals surface area contributed by atoms with Crippen molar-refractivity contribution in [3.63, 3.8) is 0 Å². The van der Waals surface area contributed by atoms with E-state index in [0.29, 0.717) is 5.56 Å². The van der Waals surface area contributed by atoms with Gasteiger partial charge in [-0.3, -0.25) is 0 Å². The molecular weight excluding hydrogens is 235 g/mol. The van der Waals surface area contributed by atoms with Crippen LogP contribution in [0, 0.1) is 0 Å². The Labute approximate surface area is 95.6 Å². The van der Waals surface area contributed by atoms with Crippen LogP contribution in [0.25, 0.3) is 5.57 Å². The molecule has 0 aliphatic heterocycles. The van der Waals surface area contributed by atoms with E-state index in [1.165, 1.54) is 12.1 Å². The van der Waals surface area contributed by atoms with Gasteiger partial charge in [-0.15, -0.1) is 13.2 Å². The summed E-state index contributed by atoms with van der Waals surface area (Å²) in [6, 6.07) is 4.91. The van der Waals surface area contributed by atoms with Gasteiger partial charge >= 0.3 is 6.36 Å². The van der Waals surface area contributed by atoms with Crippen molar-refractivity contribution in [2.24, 2.45) is 5.73 Å². The third kappa shape index (κ3) is 3.75. The Bertz CT molecular complexity index is 435. The molecule has 0 unspecified atom stereocenters. The molecule has 0 spiro atoms. The van der Waals surface area contributed by atoms with E-state index < -0.39 is 6.36 Å². The first kappa shape index (κ1) is 13.0. The summed E-state index contributed by atoms with van der Waals surface area (Å²) in [7, 11) is 0. The van der Waals surface area contributed by atoms with E-state index in [-0.39, 0.29) is 17.1 Å². The molecule has 0 saturated carbocycles. The van der Waals surface area contributed by atoms with Crippen LogP contribution in [0.5, 0.6) is 5.75 Å². The average Bonchev–Trinajstić information content (AvgIpc) is 2.18. The van der Waals surface area contributed by atoms with E-state index in [1.54, 1.807) is 0 Å². The fourth-order valence-electron chi connectivity index (χ4n) is 1.20. The van der Waals surface area contributed by atoms with Crippen LogP contribution < -0.4 is 10.5 Å². The smallest absolute Gasteiger partial charge is 0.508 e. The third-order valence-electron chi connectivity index (χ3n) is 1.88. The van der Waals surface area contributed by atoms with Crippen molar-refractivity contribution in [3.05, 3.63) is 48.4 Å². The summed E-state index contributed by atoms with van der Waals surface area (Å²) in [6.07, 6.45) is -3.61. The van der Waals surface area contributed by atoms with Crippen molar-refractivity contribution in [1.82, 2.24) is 0 Å². The van der Waals surface area contributed by atoms with E-state index in [4.69, 9.17) is 10.8 Å². The Morgan fingerprint density at radius 3 is 2.18 bits per heavy atom. The molecule has 17 heavy (non-hydrogen) atoms. The van der Waals surface area contributed by atoms with Gasteiger partial charge in [-0.25, -0.2) is 0 Å². The second-order valence-electron chi connectivity index (χ2n) is 3.10. The number of halogens is 3. The molecule has 1 rings (SSSR count). The first-order chi connectivity index (χ1) is 7.83. The molecule has 0 aromatic heterocycles. The van der Waals surface area contributed by atoms with Crippen LogP contribution in [-0.4, -0.2) is 11.5 Å². The highest BCUT2D eigenvalue weighted by atomic mass is 19.4. The number of ether oxygens (including phenoxy) is 1. The van der Waals surface area contributed by atoms with Gasteiger partial charge < -0.3 is 15.6 Å². The minimum absolute atomic E-state index is 0.239. The van der Waals surface area contributed by atoms with Crippen molar-refractivity contribution >= 4 is 5.57 Å². The summed E-state index contributed by atoms with van der Waals surface area (Å²) in [5.74, 6) is -0.613. The maximum absolute atomic E-state index is 11.9. The second-order valence-corrected chi connectivity index (χ2v) is 3.10. The molecule has 0 heterocycles. The molecule has 3 nitrogen and oxygen atoms in total. The molecule has 6 heteroatoms. The summed E-state index contributed by atoms with van der Waals surface area (Å²) in [4.78, 5) is 0. The lowest BCUT2D eigenvalue weighted by molar-refractivity contribution is -0.274. The molecule has 92 valence electrons. The molecule has 0 radical (unpaired) electrons. The zero-order valence-electron chi connectivity index (χ0n) is 8.66. The molecule has 3 N–H and O–H groups in total. The van der Waals surface area contributed by atoms with Gasteiger partial charge in [0.25, 0.3) is 0 Å². The van der Waals surface area contributed by atoms with Crippen LogP contribution in [-0.2, 0) is 0 Å². The summed E-state index contributed by atoms with van der Waals surface area (Å²) < 4.78 is 39.4. The number of aliphatic hydroxyl groups is 1. The van der Waals surface area contributed by atoms with Crippen LogP contribution in [0.2, 0.25) is 0 Å². The maximum Gasteiger partial charge on any atom is 0.573 e. The molecule has 0 atom stereocenters. The Morgan fingerprint density at radius 2 is 1.82 bits per heavy atom.